The fraction of sp³-hybridized carbons (Fsp3) is 0.200. The van der Waals surface area contributed by atoms with E-state index in [0.29, 0.717) is 28.1 Å². The van der Waals surface area contributed by atoms with Gasteiger partial charge in [0.05, 0.1) is 12.1 Å². The number of nitrogens with zero attached hydrogens (tertiary/aromatic N) is 4. The van der Waals surface area contributed by atoms with Crippen molar-refractivity contribution in [2.24, 2.45) is 7.05 Å². The van der Waals surface area contributed by atoms with Gasteiger partial charge < -0.3 is 15.8 Å². The lowest BCUT2D eigenvalue weighted by atomic mass is 10.0. The zero-order valence-electron chi connectivity index (χ0n) is 15.7. The van der Waals surface area contributed by atoms with Gasteiger partial charge in [-0.15, -0.1) is 0 Å². The van der Waals surface area contributed by atoms with Crippen molar-refractivity contribution in [2.45, 2.75) is 19.4 Å². The quantitative estimate of drug-likeness (QED) is 0.607. The van der Waals surface area contributed by atoms with E-state index >= 15 is 0 Å². The van der Waals surface area contributed by atoms with Crippen molar-refractivity contribution in [1.29, 1.82) is 5.26 Å². The summed E-state index contributed by atoms with van der Waals surface area (Å²) in [5.74, 6) is -0.358. The van der Waals surface area contributed by atoms with Gasteiger partial charge in [-0.25, -0.2) is 9.37 Å². The van der Waals surface area contributed by atoms with Gasteiger partial charge in [-0.1, -0.05) is 0 Å². The van der Waals surface area contributed by atoms with Gasteiger partial charge in [-0.2, -0.15) is 10.4 Å². The van der Waals surface area contributed by atoms with E-state index in [0.717, 1.165) is 0 Å². The first-order valence-electron chi connectivity index (χ1n) is 8.85. The molecule has 1 atom stereocenters. The van der Waals surface area contributed by atoms with Gasteiger partial charge in [0.25, 0.3) is 0 Å². The normalized spacial score (nSPS) is 15.7. The third-order valence-corrected chi connectivity index (χ3v) is 4.75. The second-order valence-corrected chi connectivity index (χ2v) is 6.73. The van der Waals surface area contributed by atoms with Crippen LogP contribution < -0.4 is 15.8 Å². The lowest BCUT2D eigenvalue weighted by Crippen LogP contribution is -2.18. The molecule has 8 nitrogen and oxygen atoms in total. The van der Waals surface area contributed by atoms with Crippen molar-refractivity contribution >= 4 is 17.4 Å². The van der Waals surface area contributed by atoms with Crippen molar-refractivity contribution in [2.75, 3.05) is 11.1 Å². The van der Waals surface area contributed by atoms with E-state index < -0.39 is 11.9 Å². The van der Waals surface area contributed by atoms with Crippen molar-refractivity contribution < 1.29 is 13.9 Å². The molecule has 0 saturated heterocycles. The van der Waals surface area contributed by atoms with E-state index in [9.17, 15) is 14.4 Å². The summed E-state index contributed by atoms with van der Waals surface area (Å²) in [6.07, 6.45) is 0.811. The van der Waals surface area contributed by atoms with Crippen molar-refractivity contribution in [3.63, 3.8) is 0 Å². The number of halogens is 1. The number of nitrogens with two attached hydrogens (primary N) is 1. The molecule has 0 fully saturated rings. The highest BCUT2D eigenvalue weighted by atomic mass is 19.1. The van der Waals surface area contributed by atoms with E-state index in [-0.39, 0.29) is 29.6 Å². The zero-order chi connectivity index (χ0) is 20.7. The lowest BCUT2D eigenvalue weighted by molar-refractivity contribution is -0.115. The first-order chi connectivity index (χ1) is 13.9. The molecule has 1 aromatic carbocycles. The van der Waals surface area contributed by atoms with Crippen LogP contribution in [0.1, 0.15) is 30.0 Å². The van der Waals surface area contributed by atoms with Crippen LogP contribution in [-0.4, -0.2) is 20.7 Å². The Balaban J connectivity index is 1.94. The molecule has 29 heavy (non-hydrogen) atoms. The van der Waals surface area contributed by atoms with Gasteiger partial charge in [0.1, 0.15) is 23.7 Å². The standard InChI is InChI=1S/C20H17FN6O2/c1-10-13-6-12(21)3-4-14(13)25-18(28)7-15-19(16(8-22)27(2)26-15)11-5-17(29-10)20(23)24-9-11/h3-6,9-10H,7H2,1-2H3,(H2,23,24)(H,25,28). The molecule has 2 bridgehead atoms. The lowest BCUT2D eigenvalue weighted by Gasteiger charge is -2.21. The Morgan fingerprint density at radius 2 is 2.21 bits per heavy atom. The Labute approximate surface area is 165 Å². The van der Waals surface area contributed by atoms with E-state index in [4.69, 9.17) is 10.5 Å². The number of ether oxygens (including phenoxy) is 1. The third kappa shape index (κ3) is 3.25. The smallest absolute Gasteiger partial charge is 0.230 e. The molecule has 0 aliphatic carbocycles. The van der Waals surface area contributed by atoms with Gasteiger partial charge >= 0.3 is 0 Å². The highest BCUT2D eigenvalue weighted by Gasteiger charge is 2.24. The van der Waals surface area contributed by atoms with Crippen LogP contribution >= 0.6 is 0 Å². The summed E-state index contributed by atoms with van der Waals surface area (Å²) in [5.41, 5.74) is 8.61. The Morgan fingerprint density at radius 1 is 1.41 bits per heavy atom. The highest BCUT2D eigenvalue weighted by molar-refractivity contribution is 5.94. The number of nitrogen functional groups attached to an aromatic ring is 1. The number of hydrogen-bond acceptors (Lipinski definition) is 6. The Hall–Kier alpha value is -3.93. The van der Waals surface area contributed by atoms with Crippen LogP contribution in [0.5, 0.6) is 5.75 Å². The first-order valence-corrected chi connectivity index (χ1v) is 8.85. The Bertz CT molecular complexity index is 1180. The van der Waals surface area contributed by atoms with Crippen molar-refractivity contribution in [1.82, 2.24) is 14.8 Å². The number of rotatable bonds is 0. The average molecular weight is 392 g/mol. The average Bonchev–Trinajstić information content (AvgIpc) is 2.98. The first kappa shape index (κ1) is 18.4. The number of amides is 1. The maximum absolute atomic E-state index is 13.9. The molecule has 1 aliphatic heterocycles. The number of aryl methyl sites for hydroxylation is 1. The number of fused-ring (bicyclic) bond motifs is 5. The molecule has 3 heterocycles. The minimum absolute atomic E-state index is 0.0728. The number of carbonyl (C=O) groups is 1. The van der Waals surface area contributed by atoms with Crippen molar-refractivity contribution in [3.8, 4) is 22.9 Å². The van der Waals surface area contributed by atoms with E-state index in [1.807, 2.05) is 0 Å². The summed E-state index contributed by atoms with van der Waals surface area (Å²) in [6.45, 7) is 1.72. The van der Waals surface area contributed by atoms with Gasteiger partial charge in [0, 0.05) is 35.6 Å². The van der Waals surface area contributed by atoms with Gasteiger partial charge in [-0.3, -0.25) is 9.48 Å². The molecule has 2 aromatic heterocycles. The van der Waals surface area contributed by atoms with E-state index in [1.54, 1.807) is 20.0 Å². The van der Waals surface area contributed by atoms with Crippen LogP contribution in [-0.2, 0) is 18.3 Å². The van der Waals surface area contributed by atoms with Gasteiger partial charge in [0.2, 0.25) is 5.91 Å². The molecular weight excluding hydrogens is 375 g/mol. The number of carbonyl (C=O) groups excluding carboxylic acids is 1. The maximum Gasteiger partial charge on any atom is 0.230 e. The number of nitriles is 1. The predicted octanol–water partition coefficient (Wildman–Crippen LogP) is 2.71. The Morgan fingerprint density at radius 3 is 2.97 bits per heavy atom. The zero-order valence-corrected chi connectivity index (χ0v) is 15.7. The van der Waals surface area contributed by atoms with E-state index in [1.165, 1.54) is 29.1 Å². The van der Waals surface area contributed by atoms with Crippen molar-refractivity contribution in [3.05, 3.63) is 53.2 Å². The molecule has 3 aromatic rings. The maximum atomic E-state index is 13.9. The number of benzene rings is 1. The van der Waals surface area contributed by atoms with Crippen LogP contribution in [0.3, 0.4) is 0 Å². The van der Waals surface area contributed by atoms with E-state index in [2.05, 4.69) is 21.5 Å². The van der Waals surface area contributed by atoms with Crippen LogP contribution in [0.25, 0.3) is 11.1 Å². The molecule has 4 rings (SSSR count). The second-order valence-electron chi connectivity index (χ2n) is 6.73. The molecule has 0 saturated carbocycles. The summed E-state index contributed by atoms with van der Waals surface area (Å²) in [6, 6.07) is 7.81. The van der Waals surface area contributed by atoms with Crippen LogP contribution in [0.4, 0.5) is 15.9 Å². The highest BCUT2D eigenvalue weighted by Crippen LogP contribution is 2.36. The minimum atomic E-state index is -0.622. The molecule has 0 radical (unpaired) electrons. The number of nitrogens with one attached hydrogen (secondary N) is 1. The van der Waals surface area contributed by atoms with Crippen LogP contribution in [0, 0.1) is 17.1 Å². The number of pyridine rings is 1. The molecule has 1 unspecified atom stereocenters. The number of hydrogen-bond donors (Lipinski definition) is 2. The SMILES string of the molecule is CC1Oc2cc(cnc2N)-c2c(nn(C)c2C#N)CC(=O)Nc2ccc(F)cc21. The summed E-state index contributed by atoms with van der Waals surface area (Å²) >= 11 is 0. The fourth-order valence-electron chi connectivity index (χ4n) is 3.41. The fourth-order valence-corrected chi connectivity index (χ4v) is 3.41. The molecular formula is C20H17FN6O2. The molecule has 1 aliphatic rings. The Kier molecular flexibility index (Phi) is 4.39. The predicted molar refractivity (Wildman–Crippen MR) is 103 cm³/mol. The largest absolute Gasteiger partial charge is 0.482 e. The topological polar surface area (TPSA) is 119 Å². The molecule has 9 heteroatoms. The summed E-state index contributed by atoms with van der Waals surface area (Å²) in [5, 5.41) is 16.7. The summed E-state index contributed by atoms with van der Waals surface area (Å²) in [7, 11) is 1.63. The monoisotopic (exact) mass is 392 g/mol. The molecule has 0 spiro atoms. The van der Waals surface area contributed by atoms with Crippen LogP contribution in [0.2, 0.25) is 0 Å². The van der Waals surface area contributed by atoms with Crippen LogP contribution in [0.15, 0.2) is 30.5 Å². The molecule has 1 amide bonds. The molecule has 146 valence electrons. The molecule has 3 N–H and O–H groups in total. The minimum Gasteiger partial charge on any atom is -0.482 e. The number of aromatic nitrogens is 3. The van der Waals surface area contributed by atoms with Gasteiger partial charge in [-0.05, 0) is 31.2 Å². The summed E-state index contributed by atoms with van der Waals surface area (Å²) < 4.78 is 21.2. The number of anilines is 2. The second kappa shape index (κ2) is 6.91. The third-order valence-electron chi connectivity index (χ3n) is 4.75. The summed E-state index contributed by atoms with van der Waals surface area (Å²) in [4.78, 5) is 16.9. The van der Waals surface area contributed by atoms with Gasteiger partial charge in [0.15, 0.2) is 11.6 Å².